The molecule has 1 fully saturated rings. The highest BCUT2D eigenvalue weighted by atomic mass is 16.5. The molecule has 0 aromatic heterocycles. The maximum absolute atomic E-state index is 5.51. The first-order chi connectivity index (χ1) is 8.36. The minimum atomic E-state index is 0.570. The molecule has 0 spiro atoms. The van der Waals surface area contributed by atoms with Crippen LogP contribution in [-0.2, 0) is 14.2 Å². The fourth-order valence-electron chi connectivity index (χ4n) is 2.23. The third-order valence-corrected chi connectivity index (χ3v) is 3.41. The molecule has 1 heterocycles. The standard InChI is InChI=1S/C13H27NO3/c1-14-13(5-8-17-10-9-15-2)11-12-3-6-16-7-4-12/h12-14H,3-11H2,1-2H3. The number of nitrogens with one attached hydrogen (secondary N) is 1. The van der Waals surface area contributed by atoms with Crippen LogP contribution in [0.15, 0.2) is 0 Å². The molecular weight excluding hydrogens is 218 g/mol. The summed E-state index contributed by atoms with van der Waals surface area (Å²) in [5.74, 6) is 0.820. The molecule has 0 aliphatic carbocycles. The first kappa shape index (κ1) is 14.9. The molecule has 0 aromatic carbocycles. The zero-order valence-electron chi connectivity index (χ0n) is 11.2. The summed E-state index contributed by atoms with van der Waals surface area (Å²) in [6, 6.07) is 0.570. The molecule has 0 saturated carbocycles. The fraction of sp³-hybridized carbons (Fsp3) is 1.00. The molecule has 0 radical (unpaired) electrons. The lowest BCUT2D eigenvalue weighted by Crippen LogP contribution is -2.31. The molecular formula is C13H27NO3. The quantitative estimate of drug-likeness (QED) is 0.624. The van der Waals surface area contributed by atoms with E-state index >= 15 is 0 Å². The maximum atomic E-state index is 5.51. The smallest absolute Gasteiger partial charge is 0.0700 e. The van der Waals surface area contributed by atoms with Crippen molar-refractivity contribution in [1.29, 1.82) is 0 Å². The minimum Gasteiger partial charge on any atom is -0.382 e. The summed E-state index contributed by atoms with van der Waals surface area (Å²) in [7, 11) is 3.74. The van der Waals surface area contributed by atoms with Crippen molar-refractivity contribution in [2.75, 3.05) is 47.2 Å². The second-order valence-corrected chi connectivity index (χ2v) is 4.67. The van der Waals surface area contributed by atoms with Crippen LogP contribution in [0.3, 0.4) is 0 Å². The van der Waals surface area contributed by atoms with Crippen molar-refractivity contribution >= 4 is 0 Å². The van der Waals surface area contributed by atoms with Gasteiger partial charge in [-0.05, 0) is 38.6 Å². The van der Waals surface area contributed by atoms with E-state index in [2.05, 4.69) is 5.32 Å². The van der Waals surface area contributed by atoms with Crippen LogP contribution in [0.4, 0.5) is 0 Å². The van der Waals surface area contributed by atoms with Gasteiger partial charge in [0.15, 0.2) is 0 Å². The van der Waals surface area contributed by atoms with Crippen LogP contribution in [0.1, 0.15) is 25.7 Å². The third kappa shape index (κ3) is 6.99. The SMILES string of the molecule is CNC(CCOCCOC)CC1CCOCC1. The third-order valence-electron chi connectivity index (χ3n) is 3.41. The van der Waals surface area contributed by atoms with Crippen molar-refractivity contribution in [3.63, 3.8) is 0 Å². The van der Waals surface area contributed by atoms with Gasteiger partial charge in [0.05, 0.1) is 13.2 Å². The highest BCUT2D eigenvalue weighted by molar-refractivity contribution is 4.72. The van der Waals surface area contributed by atoms with Gasteiger partial charge in [-0.1, -0.05) is 0 Å². The number of hydrogen-bond acceptors (Lipinski definition) is 4. The highest BCUT2D eigenvalue weighted by Crippen LogP contribution is 2.21. The summed E-state index contributed by atoms with van der Waals surface area (Å²) in [4.78, 5) is 0. The summed E-state index contributed by atoms with van der Waals surface area (Å²) in [6.07, 6.45) is 4.75. The lowest BCUT2D eigenvalue weighted by Gasteiger charge is -2.26. The van der Waals surface area contributed by atoms with Gasteiger partial charge in [0.2, 0.25) is 0 Å². The minimum absolute atomic E-state index is 0.570. The average Bonchev–Trinajstić information content (AvgIpc) is 2.38. The number of ether oxygens (including phenoxy) is 3. The number of rotatable bonds is 9. The predicted molar refractivity (Wildman–Crippen MR) is 68.3 cm³/mol. The normalized spacial score (nSPS) is 19.4. The maximum Gasteiger partial charge on any atom is 0.0700 e. The molecule has 0 bridgehead atoms. The Morgan fingerprint density at radius 1 is 1.24 bits per heavy atom. The van der Waals surface area contributed by atoms with Crippen LogP contribution < -0.4 is 5.32 Å². The largest absolute Gasteiger partial charge is 0.382 e. The van der Waals surface area contributed by atoms with E-state index in [1.165, 1.54) is 19.3 Å². The first-order valence-electron chi connectivity index (χ1n) is 6.68. The second kappa shape index (κ2) is 9.83. The monoisotopic (exact) mass is 245 g/mol. The van der Waals surface area contributed by atoms with Crippen molar-refractivity contribution in [3.8, 4) is 0 Å². The van der Waals surface area contributed by atoms with Crippen LogP contribution >= 0.6 is 0 Å². The molecule has 0 aromatic rings. The first-order valence-corrected chi connectivity index (χ1v) is 6.68. The van der Waals surface area contributed by atoms with Gasteiger partial charge >= 0.3 is 0 Å². The van der Waals surface area contributed by atoms with E-state index in [0.717, 1.165) is 32.2 Å². The fourth-order valence-corrected chi connectivity index (χ4v) is 2.23. The number of hydrogen-bond donors (Lipinski definition) is 1. The Bertz CT molecular complexity index is 172. The zero-order valence-corrected chi connectivity index (χ0v) is 11.2. The summed E-state index contributed by atoms with van der Waals surface area (Å²) in [5, 5.41) is 3.39. The second-order valence-electron chi connectivity index (χ2n) is 4.67. The molecule has 0 amide bonds. The Morgan fingerprint density at radius 2 is 2.00 bits per heavy atom. The molecule has 4 nitrogen and oxygen atoms in total. The van der Waals surface area contributed by atoms with Gasteiger partial charge in [-0.15, -0.1) is 0 Å². The van der Waals surface area contributed by atoms with E-state index in [1.807, 2.05) is 7.05 Å². The van der Waals surface area contributed by atoms with Crippen LogP contribution in [0.5, 0.6) is 0 Å². The van der Waals surface area contributed by atoms with Gasteiger partial charge < -0.3 is 19.5 Å². The molecule has 1 rings (SSSR count). The van der Waals surface area contributed by atoms with E-state index in [0.29, 0.717) is 19.3 Å². The summed E-state index contributed by atoms with van der Waals surface area (Å²) >= 11 is 0. The van der Waals surface area contributed by atoms with Gasteiger partial charge in [-0.2, -0.15) is 0 Å². The van der Waals surface area contributed by atoms with Crippen molar-refractivity contribution in [1.82, 2.24) is 5.32 Å². The van der Waals surface area contributed by atoms with Gasteiger partial charge in [-0.25, -0.2) is 0 Å². The number of methoxy groups -OCH3 is 1. The van der Waals surface area contributed by atoms with Gasteiger partial charge in [0.1, 0.15) is 0 Å². The van der Waals surface area contributed by atoms with Crippen molar-refractivity contribution in [2.24, 2.45) is 5.92 Å². The van der Waals surface area contributed by atoms with Crippen LogP contribution in [0.2, 0.25) is 0 Å². The molecule has 1 N–H and O–H groups in total. The topological polar surface area (TPSA) is 39.7 Å². The van der Waals surface area contributed by atoms with Gasteiger partial charge in [0, 0.05) is 33.0 Å². The van der Waals surface area contributed by atoms with Crippen molar-refractivity contribution in [3.05, 3.63) is 0 Å². The Labute approximate surface area is 105 Å². The van der Waals surface area contributed by atoms with E-state index in [1.54, 1.807) is 7.11 Å². The highest BCUT2D eigenvalue weighted by Gasteiger charge is 2.18. The van der Waals surface area contributed by atoms with Gasteiger partial charge in [-0.3, -0.25) is 0 Å². The van der Waals surface area contributed by atoms with E-state index < -0.39 is 0 Å². The molecule has 1 saturated heterocycles. The lowest BCUT2D eigenvalue weighted by atomic mass is 9.91. The Kier molecular flexibility index (Phi) is 8.61. The molecule has 102 valence electrons. The Morgan fingerprint density at radius 3 is 2.65 bits per heavy atom. The average molecular weight is 245 g/mol. The van der Waals surface area contributed by atoms with E-state index in [-0.39, 0.29) is 0 Å². The molecule has 17 heavy (non-hydrogen) atoms. The van der Waals surface area contributed by atoms with Crippen LogP contribution in [0.25, 0.3) is 0 Å². The lowest BCUT2D eigenvalue weighted by molar-refractivity contribution is 0.0520. The molecule has 1 aliphatic rings. The van der Waals surface area contributed by atoms with Crippen LogP contribution in [0, 0.1) is 5.92 Å². The van der Waals surface area contributed by atoms with Crippen molar-refractivity contribution < 1.29 is 14.2 Å². The predicted octanol–water partition coefficient (Wildman–Crippen LogP) is 1.44. The molecule has 1 unspecified atom stereocenters. The van der Waals surface area contributed by atoms with Gasteiger partial charge in [0.25, 0.3) is 0 Å². The summed E-state index contributed by atoms with van der Waals surface area (Å²) in [6.45, 7) is 4.07. The molecule has 4 heteroatoms. The Balaban J connectivity index is 2.05. The van der Waals surface area contributed by atoms with E-state index in [4.69, 9.17) is 14.2 Å². The van der Waals surface area contributed by atoms with Crippen LogP contribution in [-0.4, -0.2) is 53.2 Å². The van der Waals surface area contributed by atoms with Crippen molar-refractivity contribution in [2.45, 2.75) is 31.7 Å². The summed E-state index contributed by atoms with van der Waals surface area (Å²) < 4.78 is 15.8. The molecule has 1 atom stereocenters. The van der Waals surface area contributed by atoms with E-state index in [9.17, 15) is 0 Å². The summed E-state index contributed by atoms with van der Waals surface area (Å²) in [5.41, 5.74) is 0. The molecule has 1 aliphatic heterocycles. The zero-order chi connectivity index (χ0) is 12.3. The Hall–Kier alpha value is -0.160.